The predicted molar refractivity (Wildman–Crippen MR) is 110 cm³/mol. The molecule has 1 unspecified atom stereocenters. The average molecular weight is 375 g/mol. The summed E-state index contributed by atoms with van der Waals surface area (Å²) in [5.74, 6) is 0.717. The fourth-order valence-corrected chi connectivity index (χ4v) is 4.38. The fraction of sp³-hybridized carbons (Fsp3) is 0.333. The number of benzene rings is 2. The Morgan fingerprint density at radius 1 is 1.07 bits per heavy atom. The number of nitrogens with zero attached hydrogens (tertiary/aromatic N) is 1. The molecule has 1 aliphatic heterocycles. The minimum atomic E-state index is -0.237. The molecule has 2 aromatic carbocycles. The lowest BCUT2D eigenvalue weighted by molar-refractivity contribution is -0.119. The number of carbonyl (C=O) groups excluding carboxylic acids is 2. The molecule has 0 radical (unpaired) electrons. The first-order valence-electron chi connectivity index (χ1n) is 9.97. The van der Waals surface area contributed by atoms with E-state index < -0.39 is 0 Å². The van der Waals surface area contributed by atoms with Crippen molar-refractivity contribution in [3.8, 4) is 5.75 Å². The molecule has 4 heteroatoms. The quantitative estimate of drug-likeness (QED) is 0.762. The van der Waals surface area contributed by atoms with E-state index in [-0.39, 0.29) is 24.0 Å². The van der Waals surface area contributed by atoms with Gasteiger partial charge in [0.2, 0.25) is 5.91 Å². The van der Waals surface area contributed by atoms with Gasteiger partial charge in [-0.3, -0.25) is 14.5 Å². The van der Waals surface area contributed by atoms with E-state index in [2.05, 4.69) is 0 Å². The van der Waals surface area contributed by atoms with Crippen LogP contribution in [-0.4, -0.2) is 18.3 Å². The minimum Gasteiger partial charge on any atom is -0.494 e. The molecule has 1 aliphatic carbocycles. The van der Waals surface area contributed by atoms with Crippen LogP contribution in [0.5, 0.6) is 5.75 Å². The van der Waals surface area contributed by atoms with Gasteiger partial charge in [0.25, 0.3) is 0 Å². The molecule has 1 amide bonds. The third-order valence-corrected chi connectivity index (χ3v) is 5.53. The maximum absolute atomic E-state index is 13.3. The van der Waals surface area contributed by atoms with Gasteiger partial charge in [0.05, 0.1) is 6.61 Å². The number of para-hydroxylation sites is 1. The van der Waals surface area contributed by atoms with E-state index in [9.17, 15) is 9.59 Å². The van der Waals surface area contributed by atoms with Crippen molar-refractivity contribution in [2.24, 2.45) is 0 Å². The molecule has 4 nitrogen and oxygen atoms in total. The molecule has 0 fully saturated rings. The van der Waals surface area contributed by atoms with E-state index in [0.717, 1.165) is 46.7 Å². The van der Waals surface area contributed by atoms with Crippen LogP contribution in [0.2, 0.25) is 0 Å². The van der Waals surface area contributed by atoms with Crippen molar-refractivity contribution in [3.05, 3.63) is 70.9 Å². The van der Waals surface area contributed by atoms with Gasteiger partial charge in [0.1, 0.15) is 5.75 Å². The van der Waals surface area contributed by atoms with E-state index in [4.69, 9.17) is 4.74 Å². The molecule has 0 bridgehead atoms. The first-order valence-corrected chi connectivity index (χ1v) is 9.97. The van der Waals surface area contributed by atoms with Crippen molar-refractivity contribution in [2.75, 3.05) is 11.5 Å². The molecule has 1 atom stereocenters. The van der Waals surface area contributed by atoms with Crippen molar-refractivity contribution in [2.45, 2.75) is 45.4 Å². The third-order valence-electron chi connectivity index (χ3n) is 5.53. The van der Waals surface area contributed by atoms with Crippen LogP contribution in [0.15, 0.2) is 59.8 Å². The molecule has 4 rings (SSSR count). The van der Waals surface area contributed by atoms with Gasteiger partial charge < -0.3 is 4.74 Å². The highest BCUT2D eigenvalue weighted by Crippen LogP contribution is 2.45. The molecule has 0 saturated heterocycles. The number of carbonyl (C=O) groups is 2. The molecule has 0 spiro atoms. The molecular formula is C24H25NO3. The van der Waals surface area contributed by atoms with Crippen LogP contribution in [0, 0.1) is 6.92 Å². The maximum Gasteiger partial charge on any atom is 0.232 e. The van der Waals surface area contributed by atoms with Gasteiger partial charge in [0.15, 0.2) is 5.78 Å². The van der Waals surface area contributed by atoms with Crippen molar-refractivity contribution in [1.29, 1.82) is 0 Å². The van der Waals surface area contributed by atoms with E-state index in [1.165, 1.54) is 0 Å². The molecule has 0 aromatic heterocycles. The second-order valence-electron chi connectivity index (χ2n) is 7.43. The van der Waals surface area contributed by atoms with Crippen molar-refractivity contribution in [3.63, 3.8) is 0 Å². The number of allylic oxidation sites excluding steroid dienone is 2. The van der Waals surface area contributed by atoms with Gasteiger partial charge in [-0.2, -0.15) is 0 Å². The Labute approximate surface area is 165 Å². The Kier molecular flexibility index (Phi) is 5.03. The molecule has 28 heavy (non-hydrogen) atoms. The van der Waals surface area contributed by atoms with Gasteiger partial charge in [0, 0.05) is 41.3 Å². The van der Waals surface area contributed by atoms with Crippen LogP contribution in [0.4, 0.5) is 5.69 Å². The molecule has 0 saturated carbocycles. The number of rotatable bonds is 4. The zero-order chi connectivity index (χ0) is 19.7. The van der Waals surface area contributed by atoms with E-state index in [1.54, 1.807) is 4.90 Å². The van der Waals surface area contributed by atoms with Gasteiger partial charge >= 0.3 is 0 Å². The van der Waals surface area contributed by atoms with Crippen LogP contribution in [0.3, 0.4) is 0 Å². The van der Waals surface area contributed by atoms with Crippen molar-refractivity contribution in [1.82, 2.24) is 0 Å². The highest BCUT2D eigenvalue weighted by molar-refractivity contribution is 6.07. The Hall–Kier alpha value is -2.88. The summed E-state index contributed by atoms with van der Waals surface area (Å²) in [7, 11) is 0. The van der Waals surface area contributed by atoms with Crippen LogP contribution in [0.1, 0.15) is 49.7 Å². The zero-order valence-electron chi connectivity index (χ0n) is 16.4. The SMILES string of the molecule is CCOc1ccccc1C1CC(=O)N(c2cccc(C)c2)C2=C1C(=O)CCC2. The van der Waals surface area contributed by atoms with E-state index in [0.29, 0.717) is 13.0 Å². The summed E-state index contributed by atoms with van der Waals surface area (Å²) < 4.78 is 5.81. The second-order valence-corrected chi connectivity index (χ2v) is 7.43. The summed E-state index contributed by atoms with van der Waals surface area (Å²) in [5.41, 5.74) is 4.54. The second kappa shape index (κ2) is 7.63. The number of Topliss-reactive ketones (excluding diaryl/α,β-unsaturated/α-hetero) is 1. The Morgan fingerprint density at radius 2 is 1.89 bits per heavy atom. The van der Waals surface area contributed by atoms with Gasteiger partial charge in [-0.15, -0.1) is 0 Å². The van der Waals surface area contributed by atoms with Crippen LogP contribution < -0.4 is 9.64 Å². The molecular weight excluding hydrogens is 350 g/mol. The molecule has 2 aliphatic rings. The normalized spacial score (nSPS) is 19.6. The standard InChI is InChI=1S/C24H25NO3/c1-3-28-22-13-5-4-10-18(22)19-15-23(27)25(17-9-6-8-16(2)14-17)20-11-7-12-21(26)24(19)20/h4-6,8-10,13-14,19H,3,7,11-12,15H2,1-2H3. The predicted octanol–water partition coefficient (Wildman–Crippen LogP) is 4.92. The topological polar surface area (TPSA) is 46.6 Å². The highest BCUT2D eigenvalue weighted by atomic mass is 16.5. The number of aryl methyl sites for hydroxylation is 1. The largest absolute Gasteiger partial charge is 0.494 e. The van der Waals surface area contributed by atoms with Gasteiger partial charge in [-0.05, 0) is 50.5 Å². The monoisotopic (exact) mass is 375 g/mol. The van der Waals surface area contributed by atoms with Crippen molar-refractivity contribution < 1.29 is 14.3 Å². The van der Waals surface area contributed by atoms with Crippen molar-refractivity contribution >= 4 is 17.4 Å². The lowest BCUT2D eigenvalue weighted by atomic mass is 9.77. The smallest absolute Gasteiger partial charge is 0.232 e. The first kappa shape index (κ1) is 18.5. The summed E-state index contributed by atoms with van der Waals surface area (Å²) in [4.78, 5) is 28.0. The van der Waals surface area contributed by atoms with Gasteiger partial charge in [-0.1, -0.05) is 30.3 Å². The van der Waals surface area contributed by atoms with Crippen LogP contribution in [0.25, 0.3) is 0 Å². The Bertz CT molecular complexity index is 960. The minimum absolute atomic E-state index is 0.0374. The molecule has 1 heterocycles. The molecule has 0 N–H and O–H groups in total. The summed E-state index contributed by atoms with van der Waals surface area (Å²) in [6.45, 7) is 4.51. The third kappa shape index (κ3) is 3.24. The number of hydrogen-bond donors (Lipinski definition) is 0. The average Bonchev–Trinajstić information content (AvgIpc) is 2.68. The number of anilines is 1. The summed E-state index contributed by atoms with van der Waals surface area (Å²) in [6.07, 6.45) is 2.35. The Balaban J connectivity index is 1.86. The summed E-state index contributed by atoms with van der Waals surface area (Å²) in [6, 6.07) is 15.7. The fourth-order valence-electron chi connectivity index (χ4n) is 4.38. The summed E-state index contributed by atoms with van der Waals surface area (Å²) in [5, 5.41) is 0. The number of ketones is 1. The first-order chi connectivity index (χ1) is 13.6. The molecule has 2 aromatic rings. The van der Waals surface area contributed by atoms with Crippen LogP contribution in [-0.2, 0) is 9.59 Å². The van der Waals surface area contributed by atoms with E-state index >= 15 is 0 Å². The highest BCUT2D eigenvalue weighted by Gasteiger charge is 2.40. The lowest BCUT2D eigenvalue weighted by Gasteiger charge is -2.38. The number of ether oxygens (including phenoxy) is 1. The van der Waals surface area contributed by atoms with E-state index in [1.807, 2.05) is 62.4 Å². The summed E-state index contributed by atoms with van der Waals surface area (Å²) >= 11 is 0. The maximum atomic E-state index is 13.3. The van der Waals surface area contributed by atoms with Crippen LogP contribution >= 0.6 is 0 Å². The lowest BCUT2D eigenvalue weighted by Crippen LogP contribution is -2.40. The Morgan fingerprint density at radius 3 is 2.68 bits per heavy atom. The van der Waals surface area contributed by atoms with Gasteiger partial charge in [-0.25, -0.2) is 0 Å². The number of amides is 1. The molecule has 144 valence electrons. The zero-order valence-corrected chi connectivity index (χ0v) is 16.4. The number of hydrogen-bond acceptors (Lipinski definition) is 3.